The number of ketones is 1. The van der Waals surface area contributed by atoms with E-state index in [1.807, 2.05) is 42.5 Å². The number of hydrogen-bond acceptors (Lipinski definition) is 4. The van der Waals surface area contributed by atoms with E-state index in [1.54, 1.807) is 19.3 Å². The van der Waals surface area contributed by atoms with E-state index < -0.39 is 0 Å². The van der Waals surface area contributed by atoms with Crippen molar-refractivity contribution in [1.82, 2.24) is 0 Å². The number of hydrogen-bond donors (Lipinski definition) is 1. The smallest absolute Gasteiger partial charge is 0.187 e. The van der Waals surface area contributed by atoms with E-state index in [0.717, 1.165) is 30.1 Å². The molecule has 24 heavy (non-hydrogen) atoms. The van der Waals surface area contributed by atoms with Crippen LogP contribution in [0.2, 0.25) is 0 Å². The molecule has 2 aromatic rings. The van der Waals surface area contributed by atoms with Gasteiger partial charge in [0.05, 0.1) is 7.11 Å². The maximum Gasteiger partial charge on any atom is 0.187 e. The van der Waals surface area contributed by atoms with Crippen LogP contribution in [-0.2, 0) is 0 Å². The predicted molar refractivity (Wildman–Crippen MR) is 98.7 cm³/mol. The van der Waals surface area contributed by atoms with Crippen molar-refractivity contribution < 1.29 is 9.53 Å². The highest BCUT2D eigenvalue weighted by Gasteiger charge is 2.15. The first-order valence-corrected chi connectivity index (χ1v) is 8.18. The van der Waals surface area contributed by atoms with Gasteiger partial charge in [-0.3, -0.25) is 4.79 Å². The maximum atomic E-state index is 12.5. The lowest BCUT2D eigenvalue weighted by Crippen LogP contribution is -2.18. The van der Waals surface area contributed by atoms with Gasteiger partial charge in [-0.2, -0.15) is 0 Å². The molecule has 2 aromatic carbocycles. The molecular formula is C20H22N2O2. The van der Waals surface area contributed by atoms with E-state index in [2.05, 4.69) is 4.90 Å². The van der Waals surface area contributed by atoms with Gasteiger partial charge >= 0.3 is 0 Å². The molecule has 0 bridgehead atoms. The fraction of sp³-hybridized carbons (Fsp3) is 0.250. The number of nitrogens with zero attached hydrogens (tertiary/aromatic N) is 1. The van der Waals surface area contributed by atoms with Crippen molar-refractivity contribution in [2.24, 2.45) is 0 Å². The van der Waals surface area contributed by atoms with Gasteiger partial charge in [0.2, 0.25) is 0 Å². The Labute approximate surface area is 142 Å². The van der Waals surface area contributed by atoms with Gasteiger partial charge in [-0.15, -0.1) is 0 Å². The minimum absolute atomic E-state index is 0.0867. The van der Waals surface area contributed by atoms with E-state index in [9.17, 15) is 4.79 Å². The Bertz CT molecular complexity index is 762. The molecule has 1 aliphatic heterocycles. The number of nitrogen functional groups attached to an aromatic ring is 1. The second-order valence-corrected chi connectivity index (χ2v) is 5.94. The molecule has 1 fully saturated rings. The van der Waals surface area contributed by atoms with Crippen LogP contribution in [0.3, 0.4) is 0 Å². The van der Waals surface area contributed by atoms with Crippen LogP contribution in [-0.4, -0.2) is 26.0 Å². The summed E-state index contributed by atoms with van der Waals surface area (Å²) >= 11 is 0. The fourth-order valence-electron chi connectivity index (χ4n) is 2.94. The normalized spacial score (nSPS) is 14.3. The summed E-state index contributed by atoms with van der Waals surface area (Å²) in [6.07, 6.45) is 5.74. The molecule has 0 spiro atoms. The molecule has 1 aliphatic rings. The molecule has 124 valence electrons. The molecule has 1 heterocycles. The van der Waals surface area contributed by atoms with Gasteiger partial charge < -0.3 is 15.4 Å². The summed E-state index contributed by atoms with van der Waals surface area (Å²) in [4.78, 5) is 14.8. The first-order valence-electron chi connectivity index (χ1n) is 8.18. The zero-order valence-electron chi connectivity index (χ0n) is 13.9. The Balaban J connectivity index is 1.81. The Hall–Kier alpha value is -2.75. The zero-order chi connectivity index (χ0) is 16.9. The molecule has 0 radical (unpaired) electrons. The molecule has 0 aliphatic carbocycles. The minimum atomic E-state index is -0.0867. The third-order valence-corrected chi connectivity index (χ3v) is 4.29. The average Bonchev–Trinajstić information content (AvgIpc) is 3.15. The topological polar surface area (TPSA) is 55.6 Å². The molecule has 3 rings (SSSR count). The van der Waals surface area contributed by atoms with Crippen molar-refractivity contribution in [1.29, 1.82) is 0 Å². The van der Waals surface area contributed by atoms with Crippen molar-refractivity contribution in [2.45, 2.75) is 12.8 Å². The second-order valence-electron chi connectivity index (χ2n) is 5.94. The molecule has 0 saturated carbocycles. The lowest BCUT2D eigenvalue weighted by molar-refractivity contribution is 0.104. The minimum Gasteiger partial charge on any atom is -0.497 e. The number of allylic oxidation sites excluding steroid dienone is 1. The summed E-state index contributed by atoms with van der Waals surface area (Å²) in [5.41, 5.74) is 9.06. The van der Waals surface area contributed by atoms with Crippen LogP contribution < -0.4 is 15.4 Å². The van der Waals surface area contributed by atoms with Gasteiger partial charge in [-0.25, -0.2) is 0 Å². The van der Waals surface area contributed by atoms with E-state index in [0.29, 0.717) is 11.3 Å². The van der Waals surface area contributed by atoms with Gasteiger partial charge in [-0.05, 0) is 54.8 Å². The van der Waals surface area contributed by atoms with E-state index in [-0.39, 0.29) is 5.78 Å². The number of rotatable bonds is 5. The van der Waals surface area contributed by atoms with Crippen LogP contribution in [0, 0.1) is 0 Å². The number of benzene rings is 2. The van der Waals surface area contributed by atoms with Crippen LogP contribution in [0.1, 0.15) is 28.8 Å². The van der Waals surface area contributed by atoms with Crippen LogP contribution in [0.15, 0.2) is 48.5 Å². The summed E-state index contributed by atoms with van der Waals surface area (Å²) in [5, 5.41) is 0. The van der Waals surface area contributed by atoms with Crippen LogP contribution in [0.5, 0.6) is 5.75 Å². The summed E-state index contributed by atoms with van der Waals surface area (Å²) < 4.78 is 5.19. The Kier molecular flexibility index (Phi) is 4.85. The highest BCUT2D eigenvalue weighted by Crippen LogP contribution is 2.25. The molecule has 2 N–H and O–H groups in total. The molecule has 4 nitrogen and oxygen atoms in total. The second kappa shape index (κ2) is 7.21. The lowest BCUT2D eigenvalue weighted by atomic mass is 10.1. The number of nitrogens with two attached hydrogens (primary N) is 1. The van der Waals surface area contributed by atoms with E-state index >= 15 is 0 Å². The quantitative estimate of drug-likeness (QED) is 0.517. The van der Waals surface area contributed by atoms with E-state index in [4.69, 9.17) is 10.5 Å². The molecule has 4 heteroatoms. The molecule has 1 saturated heterocycles. The average molecular weight is 322 g/mol. The van der Waals surface area contributed by atoms with Crippen molar-refractivity contribution in [3.8, 4) is 5.75 Å². The highest BCUT2D eigenvalue weighted by molar-refractivity contribution is 6.10. The molecular weight excluding hydrogens is 300 g/mol. The standard InChI is InChI=1S/C20H22N2O2/c1-24-17-6-4-5-15(13-17)7-10-20(23)18-14-16(8-9-19(18)21)22-11-2-3-12-22/h4-10,13-14H,2-3,11-12,21H2,1H3/b10-7+. The van der Waals surface area contributed by atoms with Crippen LogP contribution in [0.4, 0.5) is 11.4 Å². The Morgan fingerprint density at radius 1 is 1.17 bits per heavy atom. The largest absolute Gasteiger partial charge is 0.497 e. The van der Waals surface area contributed by atoms with Gasteiger partial charge in [0.15, 0.2) is 5.78 Å². The van der Waals surface area contributed by atoms with Crippen molar-refractivity contribution in [3.63, 3.8) is 0 Å². The SMILES string of the molecule is COc1cccc(/C=C/C(=O)c2cc(N3CCCC3)ccc2N)c1. The third kappa shape index (κ3) is 3.59. The maximum absolute atomic E-state index is 12.5. The van der Waals surface area contributed by atoms with Gasteiger partial charge in [0, 0.05) is 30.0 Å². The van der Waals surface area contributed by atoms with Crippen LogP contribution >= 0.6 is 0 Å². The number of anilines is 2. The summed E-state index contributed by atoms with van der Waals surface area (Å²) in [7, 11) is 1.62. The first-order chi connectivity index (χ1) is 11.7. The van der Waals surface area contributed by atoms with Gasteiger partial charge in [0.1, 0.15) is 5.75 Å². The number of methoxy groups -OCH3 is 1. The first kappa shape index (κ1) is 16.1. The Morgan fingerprint density at radius 3 is 2.71 bits per heavy atom. The van der Waals surface area contributed by atoms with Gasteiger partial charge in [0.25, 0.3) is 0 Å². The summed E-state index contributed by atoms with van der Waals surface area (Å²) in [6.45, 7) is 2.08. The molecule has 0 unspecified atom stereocenters. The molecule has 0 aromatic heterocycles. The molecule has 0 atom stereocenters. The highest BCUT2D eigenvalue weighted by atomic mass is 16.5. The number of carbonyl (C=O) groups is 1. The van der Waals surface area contributed by atoms with Gasteiger partial charge in [-0.1, -0.05) is 18.2 Å². The fourth-order valence-corrected chi connectivity index (χ4v) is 2.94. The van der Waals surface area contributed by atoms with E-state index in [1.165, 1.54) is 12.8 Å². The summed E-state index contributed by atoms with van der Waals surface area (Å²) in [5.74, 6) is 0.677. The number of carbonyl (C=O) groups excluding carboxylic acids is 1. The zero-order valence-corrected chi connectivity index (χ0v) is 13.9. The molecule has 0 amide bonds. The predicted octanol–water partition coefficient (Wildman–Crippen LogP) is 3.77. The monoisotopic (exact) mass is 322 g/mol. The van der Waals surface area contributed by atoms with Crippen LogP contribution in [0.25, 0.3) is 6.08 Å². The number of ether oxygens (including phenoxy) is 1. The lowest BCUT2D eigenvalue weighted by Gasteiger charge is -2.18. The summed E-state index contributed by atoms with van der Waals surface area (Å²) in [6, 6.07) is 13.3. The van der Waals surface area contributed by atoms with Crippen molar-refractivity contribution in [3.05, 3.63) is 59.7 Å². The van der Waals surface area contributed by atoms with Crippen molar-refractivity contribution >= 4 is 23.2 Å². The Morgan fingerprint density at radius 2 is 1.96 bits per heavy atom. The van der Waals surface area contributed by atoms with Crippen molar-refractivity contribution in [2.75, 3.05) is 30.8 Å². The third-order valence-electron chi connectivity index (χ3n) is 4.29.